The average molecular weight is 263 g/mol. The van der Waals surface area contributed by atoms with Crippen molar-refractivity contribution in [1.29, 1.82) is 0 Å². The summed E-state index contributed by atoms with van der Waals surface area (Å²) in [5.74, 6) is 1.12. The highest BCUT2D eigenvalue weighted by Gasteiger charge is 2.32. The lowest BCUT2D eigenvalue weighted by Gasteiger charge is -2.38. The Labute approximate surface area is 113 Å². The lowest BCUT2D eigenvalue weighted by Crippen LogP contribution is -2.47. The van der Waals surface area contributed by atoms with E-state index in [0.29, 0.717) is 0 Å². The molecule has 0 aliphatic carbocycles. The SMILES string of the molecule is CNC1=C(NC)N(NC)c2c(O)cccc2C1NC. The van der Waals surface area contributed by atoms with Gasteiger partial charge in [-0.25, -0.2) is 5.43 Å². The Bertz CT molecular complexity index is 500. The third-order valence-corrected chi connectivity index (χ3v) is 3.37. The second kappa shape index (κ2) is 5.38. The number of hydrazine groups is 1. The van der Waals surface area contributed by atoms with Gasteiger partial charge in [0.1, 0.15) is 17.3 Å². The van der Waals surface area contributed by atoms with Crippen LogP contribution in [0.4, 0.5) is 5.69 Å². The zero-order chi connectivity index (χ0) is 14.0. The van der Waals surface area contributed by atoms with E-state index in [1.54, 1.807) is 6.07 Å². The topological polar surface area (TPSA) is 71.6 Å². The van der Waals surface area contributed by atoms with Gasteiger partial charge in [-0.1, -0.05) is 12.1 Å². The van der Waals surface area contributed by atoms with Gasteiger partial charge in [0.15, 0.2) is 0 Å². The molecule has 104 valence electrons. The van der Waals surface area contributed by atoms with Crippen LogP contribution in [0.25, 0.3) is 0 Å². The Balaban J connectivity index is 2.68. The van der Waals surface area contributed by atoms with Gasteiger partial charge in [-0.3, -0.25) is 5.01 Å². The maximum absolute atomic E-state index is 10.2. The van der Waals surface area contributed by atoms with Crippen LogP contribution in [-0.4, -0.2) is 33.3 Å². The van der Waals surface area contributed by atoms with Crippen molar-refractivity contribution in [2.75, 3.05) is 33.2 Å². The number of likely N-dealkylation sites (N-methyl/N-ethyl adjacent to an activating group) is 2. The number of phenolic OH excluding ortho intramolecular Hbond substituents is 1. The van der Waals surface area contributed by atoms with Gasteiger partial charge in [0.25, 0.3) is 0 Å². The molecule has 6 nitrogen and oxygen atoms in total. The van der Waals surface area contributed by atoms with E-state index in [9.17, 15) is 5.11 Å². The predicted octanol–water partition coefficient (Wildman–Crippen LogP) is 0.215. The normalized spacial score (nSPS) is 18.3. The summed E-state index contributed by atoms with van der Waals surface area (Å²) in [7, 11) is 7.46. The Hall–Kier alpha value is -1.92. The van der Waals surface area contributed by atoms with Gasteiger partial charge in [-0.05, 0) is 13.1 Å². The third kappa shape index (κ3) is 1.98. The molecule has 1 aromatic carbocycles. The largest absolute Gasteiger partial charge is 0.506 e. The summed E-state index contributed by atoms with van der Waals surface area (Å²) in [6.07, 6.45) is 0. The molecule has 0 spiro atoms. The highest BCUT2D eigenvalue weighted by Crippen LogP contribution is 2.41. The zero-order valence-electron chi connectivity index (χ0n) is 11.7. The van der Waals surface area contributed by atoms with Gasteiger partial charge in [-0.2, -0.15) is 0 Å². The molecule has 2 rings (SSSR count). The van der Waals surface area contributed by atoms with Crippen molar-refractivity contribution >= 4 is 5.69 Å². The highest BCUT2D eigenvalue weighted by molar-refractivity contribution is 5.70. The second-order valence-corrected chi connectivity index (χ2v) is 4.26. The quantitative estimate of drug-likeness (QED) is 0.535. The maximum atomic E-state index is 10.2. The summed E-state index contributed by atoms with van der Waals surface area (Å²) in [6, 6.07) is 5.54. The van der Waals surface area contributed by atoms with Crippen molar-refractivity contribution < 1.29 is 5.11 Å². The molecule has 19 heavy (non-hydrogen) atoms. The molecule has 0 saturated heterocycles. The first-order chi connectivity index (χ1) is 9.19. The average Bonchev–Trinajstić information content (AvgIpc) is 2.44. The molecule has 5 N–H and O–H groups in total. The van der Waals surface area contributed by atoms with Crippen LogP contribution < -0.4 is 26.4 Å². The molecule has 0 radical (unpaired) electrons. The van der Waals surface area contributed by atoms with E-state index in [1.165, 1.54) is 0 Å². The van der Waals surface area contributed by atoms with Crippen molar-refractivity contribution in [2.24, 2.45) is 0 Å². The minimum Gasteiger partial charge on any atom is -0.506 e. The zero-order valence-corrected chi connectivity index (χ0v) is 11.7. The first kappa shape index (κ1) is 13.5. The first-order valence-electron chi connectivity index (χ1n) is 6.25. The highest BCUT2D eigenvalue weighted by atomic mass is 16.3. The van der Waals surface area contributed by atoms with Crippen molar-refractivity contribution in [1.82, 2.24) is 21.4 Å². The van der Waals surface area contributed by atoms with Crippen molar-refractivity contribution in [2.45, 2.75) is 6.04 Å². The molecule has 1 atom stereocenters. The van der Waals surface area contributed by atoms with Crippen LogP contribution in [0.2, 0.25) is 0 Å². The number of anilines is 1. The minimum absolute atomic E-state index is 0.000787. The van der Waals surface area contributed by atoms with Crippen LogP contribution in [0.5, 0.6) is 5.75 Å². The monoisotopic (exact) mass is 263 g/mol. The summed E-state index contributed by atoms with van der Waals surface area (Å²) in [6.45, 7) is 0. The van der Waals surface area contributed by atoms with Crippen molar-refractivity contribution in [3.8, 4) is 5.75 Å². The number of nitrogens with one attached hydrogen (secondary N) is 4. The van der Waals surface area contributed by atoms with Crippen LogP contribution in [0, 0.1) is 0 Å². The van der Waals surface area contributed by atoms with E-state index in [4.69, 9.17) is 0 Å². The number of hydrogen-bond donors (Lipinski definition) is 5. The van der Waals surface area contributed by atoms with E-state index in [2.05, 4.69) is 21.4 Å². The molecule has 1 unspecified atom stereocenters. The number of nitrogens with zero attached hydrogens (tertiary/aromatic N) is 1. The van der Waals surface area contributed by atoms with Gasteiger partial charge >= 0.3 is 0 Å². The minimum atomic E-state index is -0.000787. The fraction of sp³-hybridized carbons (Fsp3) is 0.385. The van der Waals surface area contributed by atoms with Gasteiger partial charge in [-0.15, -0.1) is 0 Å². The molecule has 0 fully saturated rings. The van der Waals surface area contributed by atoms with Gasteiger partial charge < -0.3 is 21.1 Å². The van der Waals surface area contributed by atoms with E-state index in [1.807, 2.05) is 45.3 Å². The molecule has 0 saturated carbocycles. The van der Waals surface area contributed by atoms with Crippen LogP contribution in [0.1, 0.15) is 11.6 Å². The molecule has 1 aromatic rings. The van der Waals surface area contributed by atoms with Crippen LogP contribution in [0.15, 0.2) is 29.7 Å². The van der Waals surface area contributed by atoms with E-state index in [0.717, 1.165) is 22.8 Å². The van der Waals surface area contributed by atoms with E-state index >= 15 is 0 Å². The second-order valence-electron chi connectivity index (χ2n) is 4.26. The Kier molecular flexibility index (Phi) is 3.82. The lowest BCUT2D eigenvalue weighted by molar-refractivity contribution is 0.466. The summed E-state index contributed by atoms with van der Waals surface area (Å²) in [5, 5.41) is 21.7. The van der Waals surface area contributed by atoms with E-state index in [-0.39, 0.29) is 11.8 Å². The lowest BCUT2D eigenvalue weighted by atomic mass is 9.97. The van der Waals surface area contributed by atoms with Crippen molar-refractivity contribution in [3.05, 3.63) is 35.3 Å². The number of hydrogen-bond acceptors (Lipinski definition) is 6. The number of phenols is 1. The molecule has 1 aliphatic rings. The fourth-order valence-electron chi connectivity index (χ4n) is 2.58. The molecule has 1 heterocycles. The molecule has 1 aliphatic heterocycles. The van der Waals surface area contributed by atoms with Gasteiger partial charge in [0.05, 0.1) is 11.7 Å². The van der Waals surface area contributed by atoms with Crippen LogP contribution in [0.3, 0.4) is 0 Å². The molecular weight excluding hydrogens is 242 g/mol. The molecule has 6 heteroatoms. The Morgan fingerprint density at radius 3 is 2.37 bits per heavy atom. The summed E-state index contributed by atoms with van der Waals surface area (Å²) in [5.41, 5.74) is 5.88. The molecule has 0 aromatic heterocycles. The number of benzene rings is 1. The first-order valence-corrected chi connectivity index (χ1v) is 6.25. The number of para-hydroxylation sites is 1. The smallest absolute Gasteiger partial charge is 0.142 e. The number of fused-ring (bicyclic) bond motifs is 1. The van der Waals surface area contributed by atoms with Crippen LogP contribution >= 0.6 is 0 Å². The molecule has 0 amide bonds. The summed E-state index contributed by atoms with van der Waals surface area (Å²) < 4.78 is 0. The molecular formula is C13H21N5O. The Morgan fingerprint density at radius 1 is 1.11 bits per heavy atom. The fourth-order valence-corrected chi connectivity index (χ4v) is 2.58. The van der Waals surface area contributed by atoms with Gasteiger partial charge in [0, 0.05) is 26.7 Å². The Morgan fingerprint density at radius 2 is 1.84 bits per heavy atom. The van der Waals surface area contributed by atoms with Crippen LogP contribution in [-0.2, 0) is 0 Å². The summed E-state index contributed by atoms with van der Waals surface area (Å²) in [4.78, 5) is 0. The summed E-state index contributed by atoms with van der Waals surface area (Å²) >= 11 is 0. The van der Waals surface area contributed by atoms with Gasteiger partial charge in [0.2, 0.25) is 0 Å². The van der Waals surface area contributed by atoms with Crippen molar-refractivity contribution in [3.63, 3.8) is 0 Å². The number of aromatic hydroxyl groups is 1. The molecule has 0 bridgehead atoms. The third-order valence-electron chi connectivity index (χ3n) is 3.37. The maximum Gasteiger partial charge on any atom is 0.142 e. The predicted molar refractivity (Wildman–Crippen MR) is 76.6 cm³/mol. The number of rotatable bonds is 4. The standard InChI is InChI=1S/C13H21N5O/c1-14-10-8-6-5-7-9(19)12(8)18(17-4)13(16-3)11(10)15-2/h5-7,10,14-17,19H,1-4H3. The van der Waals surface area contributed by atoms with E-state index < -0.39 is 0 Å².